The van der Waals surface area contributed by atoms with Crippen LogP contribution in [0.25, 0.3) is 22.5 Å². The molecule has 3 rings (SSSR count). The normalized spacial score (nSPS) is 10.2. The van der Waals surface area contributed by atoms with Gasteiger partial charge in [0.2, 0.25) is 0 Å². The van der Waals surface area contributed by atoms with Crippen LogP contribution in [0.1, 0.15) is 20.7 Å². The van der Waals surface area contributed by atoms with E-state index in [9.17, 15) is 9.59 Å². The number of nitrogens with zero attached hydrogens (tertiary/aromatic N) is 2. The van der Waals surface area contributed by atoms with E-state index in [0.29, 0.717) is 11.1 Å². The summed E-state index contributed by atoms with van der Waals surface area (Å²) in [6.45, 7) is 0. The first-order valence-corrected chi connectivity index (χ1v) is 6.73. The molecule has 0 amide bonds. The van der Waals surface area contributed by atoms with E-state index in [1.54, 1.807) is 24.3 Å². The Morgan fingerprint density at radius 3 is 1.41 bits per heavy atom. The first kappa shape index (κ1) is 13.8. The van der Waals surface area contributed by atoms with Crippen molar-refractivity contribution >= 4 is 12.6 Å². The highest BCUT2D eigenvalue weighted by Crippen LogP contribution is 2.23. The fourth-order valence-corrected chi connectivity index (χ4v) is 2.14. The molecule has 4 nitrogen and oxygen atoms in total. The van der Waals surface area contributed by atoms with Gasteiger partial charge in [-0.25, -0.2) is 9.97 Å². The molecule has 2 aromatic carbocycles. The maximum atomic E-state index is 10.7. The number of carbonyl (C=O) groups excluding carboxylic acids is 2. The molecule has 0 spiro atoms. The molecule has 0 fully saturated rings. The molecular weight excluding hydrogens is 276 g/mol. The van der Waals surface area contributed by atoms with Crippen LogP contribution >= 0.6 is 0 Å². The maximum absolute atomic E-state index is 10.7. The number of aromatic nitrogens is 2. The van der Waals surface area contributed by atoms with Gasteiger partial charge < -0.3 is 0 Å². The standard InChI is InChI=1S/C18H12N2O2/c21-10-13-1-5-15(6-2-13)17-9-18(20-12-19-17)16-7-3-14(11-22)4-8-16/h1-12H. The lowest BCUT2D eigenvalue weighted by Crippen LogP contribution is -1.90. The Labute approximate surface area is 127 Å². The van der Waals surface area contributed by atoms with Gasteiger partial charge in [-0.15, -0.1) is 0 Å². The van der Waals surface area contributed by atoms with Gasteiger partial charge in [-0.2, -0.15) is 0 Å². The molecular formula is C18H12N2O2. The van der Waals surface area contributed by atoms with Crippen LogP contribution in [0.4, 0.5) is 0 Å². The van der Waals surface area contributed by atoms with Crippen LogP contribution in [0, 0.1) is 0 Å². The van der Waals surface area contributed by atoms with Crippen molar-refractivity contribution in [2.75, 3.05) is 0 Å². The van der Waals surface area contributed by atoms with Gasteiger partial charge in [-0.3, -0.25) is 9.59 Å². The summed E-state index contributed by atoms with van der Waals surface area (Å²) in [5, 5.41) is 0. The zero-order valence-corrected chi connectivity index (χ0v) is 11.6. The van der Waals surface area contributed by atoms with Crippen molar-refractivity contribution in [3.8, 4) is 22.5 Å². The monoisotopic (exact) mass is 288 g/mol. The summed E-state index contributed by atoms with van der Waals surface area (Å²) < 4.78 is 0. The molecule has 1 heterocycles. The summed E-state index contributed by atoms with van der Waals surface area (Å²) in [5.41, 5.74) is 4.64. The zero-order valence-electron chi connectivity index (χ0n) is 11.6. The Hall–Kier alpha value is -3.14. The fraction of sp³-hybridized carbons (Fsp3) is 0. The fourth-order valence-electron chi connectivity index (χ4n) is 2.14. The van der Waals surface area contributed by atoms with Gasteiger partial charge >= 0.3 is 0 Å². The van der Waals surface area contributed by atoms with Crippen LogP contribution in [0.15, 0.2) is 60.9 Å². The zero-order chi connectivity index (χ0) is 15.4. The summed E-state index contributed by atoms with van der Waals surface area (Å²) in [5.74, 6) is 0. The quantitative estimate of drug-likeness (QED) is 0.690. The summed E-state index contributed by atoms with van der Waals surface area (Å²) in [7, 11) is 0. The van der Waals surface area contributed by atoms with Crippen LogP contribution in [-0.2, 0) is 0 Å². The van der Waals surface area contributed by atoms with Gasteiger partial charge in [0.05, 0.1) is 11.4 Å². The lowest BCUT2D eigenvalue weighted by atomic mass is 10.1. The highest BCUT2D eigenvalue weighted by Gasteiger charge is 2.04. The Kier molecular flexibility index (Phi) is 3.83. The van der Waals surface area contributed by atoms with Crippen molar-refractivity contribution in [3.63, 3.8) is 0 Å². The van der Waals surface area contributed by atoms with E-state index < -0.39 is 0 Å². The molecule has 0 bridgehead atoms. The van der Waals surface area contributed by atoms with E-state index in [2.05, 4.69) is 9.97 Å². The predicted molar refractivity (Wildman–Crippen MR) is 83.7 cm³/mol. The Morgan fingerprint density at radius 1 is 0.636 bits per heavy atom. The van der Waals surface area contributed by atoms with Crippen LogP contribution in [0.5, 0.6) is 0 Å². The van der Waals surface area contributed by atoms with Crippen LogP contribution in [0.2, 0.25) is 0 Å². The highest BCUT2D eigenvalue weighted by atomic mass is 16.1. The number of benzene rings is 2. The molecule has 106 valence electrons. The van der Waals surface area contributed by atoms with Crippen molar-refractivity contribution in [1.29, 1.82) is 0 Å². The topological polar surface area (TPSA) is 59.9 Å². The van der Waals surface area contributed by atoms with E-state index in [4.69, 9.17) is 0 Å². The Bertz CT molecular complexity index is 743. The molecule has 0 aliphatic heterocycles. The van der Waals surface area contributed by atoms with Crippen molar-refractivity contribution in [2.45, 2.75) is 0 Å². The second-order valence-corrected chi connectivity index (χ2v) is 4.77. The molecule has 0 unspecified atom stereocenters. The van der Waals surface area contributed by atoms with Gasteiger partial charge in [-0.05, 0) is 6.07 Å². The van der Waals surface area contributed by atoms with E-state index in [1.807, 2.05) is 30.3 Å². The van der Waals surface area contributed by atoms with Gasteiger partial charge in [0.15, 0.2) is 0 Å². The van der Waals surface area contributed by atoms with Crippen molar-refractivity contribution < 1.29 is 9.59 Å². The minimum absolute atomic E-state index is 0.627. The maximum Gasteiger partial charge on any atom is 0.150 e. The predicted octanol–water partition coefficient (Wildman–Crippen LogP) is 3.44. The van der Waals surface area contributed by atoms with E-state index >= 15 is 0 Å². The summed E-state index contributed by atoms with van der Waals surface area (Å²) in [6.07, 6.45) is 3.12. The molecule has 0 aliphatic carbocycles. The lowest BCUT2D eigenvalue weighted by molar-refractivity contribution is 0.111. The number of carbonyl (C=O) groups is 2. The molecule has 4 heteroatoms. The molecule has 3 aromatic rings. The summed E-state index contributed by atoms with van der Waals surface area (Å²) >= 11 is 0. The van der Waals surface area contributed by atoms with Crippen molar-refractivity contribution in [1.82, 2.24) is 9.97 Å². The van der Waals surface area contributed by atoms with Crippen LogP contribution in [-0.4, -0.2) is 22.5 Å². The van der Waals surface area contributed by atoms with Crippen molar-refractivity contribution in [2.24, 2.45) is 0 Å². The summed E-state index contributed by atoms with van der Waals surface area (Å²) in [6, 6.07) is 16.3. The number of rotatable bonds is 4. The number of hydrogen-bond donors (Lipinski definition) is 0. The van der Waals surface area contributed by atoms with Gasteiger partial charge in [-0.1, -0.05) is 48.5 Å². The molecule has 22 heavy (non-hydrogen) atoms. The molecule has 0 saturated carbocycles. The lowest BCUT2D eigenvalue weighted by Gasteiger charge is -2.05. The highest BCUT2D eigenvalue weighted by molar-refractivity contribution is 5.78. The minimum atomic E-state index is 0.627. The third kappa shape index (κ3) is 2.81. The molecule has 0 aliphatic rings. The molecule has 1 aromatic heterocycles. The molecule has 0 radical (unpaired) electrons. The average Bonchev–Trinajstić information content (AvgIpc) is 2.62. The average molecular weight is 288 g/mol. The molecule has 0 N–H and O–H groups in total. The Morgan fingerprint density at radius 2 is 1.05 bits per heavy atom. The van der Waals surface area contributed by atoms with Gasteiger partial charge in [0, 0.05) is 22.3 Å². The molecule has 0 atom stereocenters. The molecule has 0 saturated heterocycles. The number of hydrogen-bond acceptors (Lipinski definition) is 4. The summed E-state index contributed by atoms with van der Waals surface area (Å²) in [4.78, 5) is 29.9. The SMILES string of the molecule is O=Cc1ccc(-c2cc(-c3ccc(C=O)cc3)ncn2)cc1. The Balaban J connectivity index is 1.97. The van der Waals surface area contributed by atoms with Crippen LogP contribution < -0.4 is 0 Å². The van der Waals surface area contributed by atoms with E-state index in [1.165, 1.54) is 6.33 Å². The third-order valence-electron chi connectivity index (χ3n) is 3.35. The number of aldehydes is 2. The van der Waals surface area contributed by atoms with E-state index in [-0.39, 0.29) is 0 Å². The van der Waals surface area contributed by atoms with E-state index in [0.717, 1.165) is 35.1 Å². The van der Waals surface area contributed by atoms with Gasteiger partial charge in [0.25, 0.3) is 0 Å². The largest absolute Gasteiger partial charge is 0.298 e. The first-order chi connectivity index (χ1) is 10.8. The van der Waals surface area contributed by atoms with Crippen LogP contribution in [0.3, 0.4) is 0 Å². The second kappa shape index (κ2) is 6.10. The first-order valence-electron chi connectivity index (χ1n) is 6.73. The third-order valence-corrected chi connectivity index (χ3v) is 3.35. The van der Waals surface area contributed by atoms with Crippen molar-refractivity contribution in [3.05, 3.63) is 72.1 Å². The van der Waals surface area contributed by atoms with Gasteiger partial charge in [0.1, 0.15) is 18.9 Å². The minimum Gasteiger partial charge on any atom is -0.298 e. The smallest absolute Gasteiger partial charge is 0.150 e. The second-order valence-electron chi connectivity index (χ2n) is 4.77.